The number of nitrogens with zero attached hydrogens (tertiary/aromatic N) is 1. The number of carbonyl (C=O) groups is 1. The monoisotopic (exact) mass is 354 g/mol. The minimum Gasteiger partial charge on any atom is -0.508 e. The Balaban J connectivity index is 2.02. The van der Waals surface area contributed by atoms with Crippen LogP contribution in [0.25, 0.3) is 10.4 Å². The molecule has 3 aromatic rings. The lowest BCUT2D eigenvalue weighted by atomic mass is 10.1. The van der Waals surface area contributed by atoms with Crippen LogP contribution in [0.2, 0.25) is 0 Å². The summed E-state index contributed by atoms with van der Waals surface area (Å²) in [6.07, 6.45) is 1.65. The van der Waals surface area contributed by atoms with Crippen molar-refractivity contribution in [2.24, 2.45) is 5.73 Å². The van der Waals surface area contributed by atoms with Gasteiger partial charge >= 0.3 is 0 Å². The average molecular weight is 354 g/mol. The van der Waals surface area contributed by atoms with E-state index in [1.54, 1.807) is 23.5 Å². The summed E-state index contributed by atoms with van der Waals surface area (Å²) in [4.78, 5) is 13.2. The van der Waals surface area contributed by atoms with Gasteiger partial charge in [-0.2, -0.15) is 0 Å². The fourth-order valence-electron chi connectivity index (χ4n) is 3.36. The number of hydrogen-bond donors (Lipinski definition) is 2. The molecule has 3 rings (SSSR count). The molecule has 0 spiro atoms. The number of phenols is 1. The van der Waals surface area contributed by atoms with Crippen LogP contribution in [0.4, 0.5) is 0 Å². The molecule has 1 aromatic carbocycles. The predicted octanol–water partition coefficient (Wildman–Crippen LogP) is 4.13. The third-order valence-corrected chi connectivity index (χ3v) is 5.43. The summed E-state index contributed by atoms with van der Waals surface area (Å²) < 4.78 is 2.21. The Labute approximate surface area is 151 Å². The summed E-state index contributed by atoms with van der Waals surface area (Å²) in [6, 6.07) is 11.3. The summed E-state index contributed by atoms with van der Waals surface area (Å²) in [5, 5.41) is 11.4. The van der Waals surface area contributed by atoms with Crippen molar-refractivity contribution in [1.29, 1.82) is 0 Å². The maximum Gasteiger partial charge on any atom is 0.251 e. The van der Waals surface area contributed by atoms with Gasteiger partial charge in [0, 0.05) is 28.4 Å². The number of aryl methyl sites for hydroxylation is 1. The third kappa shape index (κ3) is 3.33. The number of rotatable bonds is 6. The second-order valence-electron chi connectivity index (χ2n) is 6.05. The summed E-state index contributed by atoms with van der Waals surface area (Å²) in [6.45, 7) is 4.84. The van der Waals surface area contributed by atoms with Gasteiger partial charge in [-0.15, -0.1) is 11.3 Å². The van der Waals surface area contributed by atoms with Crippen molar-refractivity contribution >= 4 is 17.2 Å². The summed E-state index contributed by atoms with van der Waals surface area (Å²) in [7, 11) is 0. The highest BCUT2D eigenvalue weighted by molar-refractivity contribution is 7.13. The van der Waals surface area contributed by atoms with E-state index < -0.39 is 0 Å². The second kappa shape index (κ2) is 7.15. The number of hydrogen-bond acceptors (Lipinski definition) is 3. The highest BCUT2D eigenvalue weighted by atomic mass is 32.1. The van der Waals surface area contributed by atoms with Gasteiger partial charge in [-0.1, -0.05) is 25.1 Å². The number of aromatic hydroxyl groups is 1. The van der Waals surface area contributed by atoms with E-state index in [4.69, 9.17) is 5.73 Å². The third-order valence-electron chi connectivity index (χ3n) is 4.54. The molecule has 0 radical (unpaired) electrons. The Morgan fingerprint density at radius 1 is 1.24 bits per heavy atom. The molecule has 2 heterocycles. The van der Waals surface area contributed by atoms with Crippen LogP contribution in [0.1, 0.15) is 34.2 Å². The van der Waals surface area contributed by atoms with Crippen LogP contribution in [0, 0.1) is 6.92 Å². The average Bonchev–Trinajstić information content (AvgIpc) is 3.20. The van der Waals surface area contributed by atoms with Crippen molar-refractivity contribution in [3.8, 4) is 16.2 Å². The molecule has 0 unspecified atom stereocenters. The number of aromatic nitrogens is 1. The highest BCUT2D eigenvalue weighted by Gasteiger charge is 2.24. The van der Waals surface area contributed by atoms with Crippen LogP contribution >= 0.6 is 11.3 Å². The van der Waals surface area contributed by atoms with E-state index in [1.807, 2.05) is 36.6 Å². The number of benzene rings is 1. The van der Waals surface area contributed by atoms with Crippen LogP contribution in [0.5, 0.6) is 5.75 Å². The Bertz CT molecular complexity index is 878. The Hall–Kier alpha value is -2.53. The van der Waals surface area contributed by atoms with Gasteiger partial charge in [-0.3, -0.25) is 4.79 Å². The molecule has 1 amide bonds. The molecule has 130 valence electrons. The van der Waals surface area contributed by atoms with E-state index in [0.29, 0.717) is 5.56 Å². The zero-order chi connectivity index (χ0) is 18.0. The van der Waals surface area contributed by atoms with Gasteiger partial charge < -0.3 is 15.4 Å². The molecule has 0 aliphatic heterocycles. The molecule has 4 nitrogen and oxygen atoms in total. The van der Waals surface area contributed by atoms with E-state index in [-0.39, 0.29) is 11.7 Å². The first-order valence-electron chi connectivity index (χ1n) is 8.36. The van der Waals surface area contributed by atoms with Crippen LogP contribution in [-0.4, -0.2) is 15.6 Å². The topological polar surface area (TPSA) is 68.2 Å². The zero-order valence-corrected chi connectivity index (χ0v) is 15.3. The molecule has 0 atom stereocenters. The first-order chi connectivity index (χ1) is 12.0. The van der Waals surface area contributed by atoms with E-state index >= 15 is 0 Å². The minimum absolute atomic E-state index is 0.270. The second-order valence-corrected chi connectivity index (χ2v) is 6.99. The first kappa shape index (κ1) is 17.3. The van der Waals surface area contributed by atoms with Crippen molar-refractivity contribution in [3.05, 3.63) is 64.3 Å². The molecule has 0 aliphatic carbocycles. The van der Waals surface area contributed by atoms with Crippen LogP contribution in [-0.2, 0) is 19.4 Å². The molecular weight excluding hydrogens is 332 g/mol. The minimum atomic E-state index is -0.376. The maximum absolute atomic E-state index is 12.1. The van der Waals surface area contributed by atoms with Crippen LogP contribution in [0.3, 0.4) is 0 Å². The van der Waals surface area contributed by atoms with Crippen molar-refractivity contribution in [2.45, 2.75) is 33.2 Å². The highest BCUT2D eigenvalue weighted by Crippen LogP contribution is 2.36. The van der Waals surface area contributed by atoms with E-state index in [1.165, 1.54) is 0 Å². The van der Waals surface area contributed by atoms with Gasteiger partial charge in [0.25, 0.3) is 5.91 Å². The molecule has 0 saturated heterocycles. The van der Waals surface area contributed by atoms with Crippen LogP contribution in [0.15, 0.2) is 41.8 Å². The van der Waals surface area contributed by atoms with Gasteiger partial charge in [0.05, 0.1) is 5.56 Å². The van der Waals surface area contributed by atoms with Crippen molar-refractivity contribution in [1.82, 2.24) is 4.57 Å². The van der Waals surface area contributed by atoms with E-state index in [0.717, 1.165) is 46.8 Å². The molecule has 2 aromatic heterocycles. The van der Waals surface area contributed by atoms with Crippen molar-refractivity contribution < 1.29 is 9.90 Å². The molecule has 0 aliphatic rings. The predicted molar refractivity (Wildman–Crippen MR) is 102 cm³/mol. The maximum atomic E-state index is 12.1. The number of thiophene rings is 1. The number of amides is 1. The molecule has 5 heteroatoms. The zero-order valence-electron chi connectivity index (χ0n) is 14.5. The Morgan fingerprint density at radius 2 is 1.96 bits per heavy atom. The molecule has 25 heavy (non-hydrogen) atoms. The largest absolute Gasteiger partial charge is 0.508 e. The van der Waals surface area contributed by atoms with Gasteiger partial charge in [-0.25, -0.2) is 0 Å². The van der Waals surface area contributed by atoms with Crippen LogP contribution < -0.4 is 5.73 Å². The lowest BCUT2D eigenvalue weighted by molar-refractivity contribution is 0.1000. The SMILES string of the molecule is CCc1c(-c2cccs2)c(C(N)=O)c(C)n1CCc1ccc(O)cc1. The normalized spacial score (nSPS) is 11.0. The number of carbonyl (C=O) groups excluding carboxylic acids is 1. The fraction of sp³-hybridized carbons (Fsp3) is 0.250. The van der Waals surface area contributed by atoms with Gasteiger partial charge in [-0.05, 0) is 48.9 Å². The fourth-order valence-corrected chi connectivity index (χ4v) is 4.16. The lowest BCUT2D eigenvalue weighted by Gasteiger charge is -2.12. The Morgan fingerprint density at radius 3 is 2.52 bits per heavy atom. The van der Waals surface area contributed by atoms with E-state index in [9.17, 15) is 9.90 Å². The van der Waals surface area contributed by atoms with Gasteiger partial charge in [0.15, 0.2) is 0 Å². The first-order valence-corrected chi connectivity index (χ1v) is 9.24. The van der Waals surface area contributed by atoms with Gasteiger partial charge in [0.1, 0.15) is 5.75 Å². The van der Waals surface area contributed by atoms with E-state index in [2.05, 4.69) is 11.5 Å². The number of phenolic OH excluding ortho intramolecular Hbond substituents is 1. The van der Waals surface area contributed by atoms with Crippen molar-refractivity contribution in [2.75, 3.05) is 0 Å². The summed E-state index contributed by atoms with van der Waals surface area (Å²) in [5.41, 5.74) is 10.5. The smallest absolute Gasteiger partial charge is 0.251 e. The lowest BCUT2D eigenvalue weighted by Crippen LogP contribution is -2.13. The Kier molecular flexibility index (Phi) is 4.95. The van der Waals surface area contributed by atoms with Gasteiger partial charge in [0.2, 0.25) is 0 Å². The number of primary amides is 1. The number of nitrogens with two attached hydrogens (primary N) is 1. The quantitative estimate of drug-likeness (QED) is 0.699. The standard InChI is InChI=1S/C20H22N2O2S/c1-3-16-19(17-5-4-12-25-17)18(20(21)24)13(2)22(16)11-10-14-6-8-15(23)9-7-14/h4-9,12,23H,3,10-11H2,1-2H3,(H2,21,24). The molecule has 0 bridgehead atoms. The molecule has 3 N–H and O–H groups in total. The molecule has 0 fully saturated rings. The molecular formula is C20H22N2O2S. The van der Waals surface area contributed by atoms with Crippen molar-refractivity contribution in [3.63, 3.8) is 0 Å². The molecule has 0 saturated carbocycles. The summed E-state index contributed by atoms with van der Waals surface area (Å²) >= 11 is 1.63. The summed E-state index contributed by atoms with van der Waals surface area (Å²) in [5.74, 6) is -0.106.